The van der Waals surface area contributed by atoms with Gasteiger partial charge < -0.3 is 15.4 Å². The van der Waals surface area contributed by atoms with Crippen molar-refractivity contribution in [2.24, 2.45) is 0 Å². The van der Waals surface area contributed by atoms with E-state index in [0.29, 0.717) is 5.56 Å². The van der Waals surface area contributed by atoms with E-state index < -0.39 is 17.9 Å². The lowest BCUT2D eigenvalue weighted by molar-refractivity contribution is -0.142. The first-order valence-electron chi connectivity index (χ1n) is 8.58. The summed E-state index contributed by atoms with van der Waals surface area (Å²) in [6.07, 6.45) is 3.93. The van der Waals surface area contributed by atoms with Crippen LogP contribution in [0.4, 0.5) is 0 Å². The fourth-order valence-electron chi connectivity index (χ4n) is 2.34. The van der Waals surface area contributed by atoms with Crippen molar-refractivity contribution >= 4 is 45.9 Å². The molecule has 0 aliphatic carbocycles. The van der Waals surface area contributed by atoms with Gasteiger partial charge in [0.1, 0.15) is 6.04 Å². The van der Waals surface area contributed by atoms with Crippen LogP contribution in [0.15, 0.2) is 54.6 Å². The van der Waals surface area contributed by atoms with E-state index in [1.54, 1.807) is 12.1 Å². The van der Waals surface area contributed by atoms with Gasteiger partial charge in [0.25, 0.3) is 5.91 Å². The van der Waals surface area contributed by atoms with Crippen LogP contribution in [-0.4, -0.2) is 42.8 Å². The number of amides is 2. The number of ether oxygens (including phenoxy) is 1. The van der Waals surface area contributed by atoms with Gasteiger partial charge in [0, 0.05) is 12.1 Å². The van der Waals surface area contributed by atoms with Gasteiger partial charge in [-0.3, -0.25) is 9.59 Å². The second-order valence-corrected chi connectivity index (χ2v) is 6.41. The lowest BCUT2D eigenvalue weighted by Gasteiger charge is -2.17. The molecule has 0 heterocycles. The molecule has 0 fully saturated rings. The molecular weight excluding hydrogens is 424 g/mol. The van der Waals surface area contributed by atoms with Crippen molar-refractivity contribution in [1.29, 1.82) is 0 Å². The Balaban J connectivity index is 2.00. The van der Waals surface area contributed by atoms with Gasteiger partial charge in [-0.25, -0.2) is 4.79 Å². The maximum atomic E-state index is 12.4. The molecule has 146 valence electrons. The highest BCUT2D eigenvalue weighted by molar-refractivity contribution is 9.09. The number of hydrogen-bond acceptors (Lipinski definition) is 4. The van der Waals surface area contributed by atoms with E-state index in [1.807, 2.05) is 54.6 Å². The van der Waals surface area contributed by atoms with Gasteiger partial charge in [0.05, 0.1) is 12.4 Å². The van der Waals surface area contributed by atoms with Gasteiger partial charge in [-0.15, -0.1) is 0 Å². The lowest BCUT2D eigenvalue weighted by Crippen LogP contribution is -2.49. The largest absolute Gasteiger partial charge is 0.467 e. The highest BCUT2D eigenvalue weighted by Crippen LogP contribution is 2.10. The minimum atomic E-state index is -0.974. The molecule has 0 aromatic heterocycles. The quantitative estimate of drug-likeness (QED) is 0.372. The van der Waals surface area contributed by atoms with Gasteiger partial charge in [0.15, 0.2) is 0 Å². The molecule has 28 heavy (non-hydrogen) atoms. The normalized spacial score (nSPS) is 11.6. The molecule has 0 unspecified atom stereocenters. The molecule has 0 saturated heterocycles. The number of alkyl halides is 1. The zero-order chi connectivity index (χ0) is 20.4. The summed E-state index contributed by atoms with van der Waals surface area (Å²) >= 11 is 3.02. The summed E-state index contributed by atoms with van der Waals surface area (Å²) in [5.74, 6) is -1.36. The average Bonchev–Trinajstić information content (AvgIpc) is 2.75. The third kappa shape index (κ3) is 6.66. The van der Waals surface area contributed by atoms with Crippen LogP contribution in [0.5, 0.6) is 0 Å². The number of carbonyl (C=O) groups excluding carboxylic acids is 3. The van der Waals surface area contributed by atoms with E-state index in [9.17, 15) is 14.4 Å². The van der Waals surface area contributed by atoms with Crippen molar-refractivity contribution in [3.8, 4) is 0 Å². The number of benzene rings is 2. The van der Waals surface area contributed by atoms with Crippen LogP contribution in [0.2, 0.25) is 0 Å². The SMILES string of the molecule is COC(=O)[C@H](CNC(=O)CBr)NC(=O)c1ccc(/C=C/c2ccccc2)cc1. The van der Waals surface area contributed by atoms with Crippen LogP contribution < -0.4 is 10.6 Å². The molecule has 0 aliphatic heterocycles. The van der Waals surface area contributed by atoms with Gasteiger partial charge >= 0.3 is 5.97 Å². The molecule has 0 aliphatic rings. The van der Waals surface area contributed by atoms with Gasteiger partial charge in [-0.1, -0.05) is 70.5 Å². The molecule has 7 heteroatoms. The molecule has 2 N–H and O–H groups in total. The Bertz CT molecular complexity index is 835. The maximum absolute atomic E-state index is 12.4. The first kappa shape index (κ1) is 21.4. The zero-order valence-corrected chi connectivity index (χ0v) is 16.9. The number of rotatable bonds is 8. The van der Waals surface area contributed by atoms with Crippen molar-refractivity contribution < 1.29 is 19.1 Å². The third-order valence-corrected chi connectivity index (χ3v) is 4.37. The Morgan fingerprint density at radius 3 is 2.18 bits per heavy atom. The maximum Gasteiger partial charge on any atom is 0.330 e. The van der Waals surface area contributed by atoms with Crippen molar-refractivity contribution in [3.05, 3.63) is 71.3 Å². The summed E-state index contributed by atoms with van der Waals surface area (Å²) < 4.78 is 4.68. The van der Waals surface area contributed by atoms with E-state index in [1.165, 1.54) is 7.11 Å². The molecule has 1 atom stereocenters. The minimum Gasteiger partial charge on any atom is -0.467 e. The number of hydrogen-bond donors (Lipinski definition) is 2. The molecule has 0 bridgehead atoms. The van der Waals surface area contributed by atoms with Crippen LogP contribution >= 0.6 is 15.9 Å². The van der Waals surface area contributed by atoms with E-state index in [2.05, 4.69) is 31.3 Å². The topological polar surface area (TPSA) is 84.5 Å². The lowest BCUT2D eigenvalue weighted by atomic mass is 10.1. The summed E-state index contributed by atoms with van der Waals surface area (Å²) in [6, 6.07) is 15.9. The van der Waals surface area contributed by atoms with E-state index in [-0.39, 0.29) is 17.8 Å². The number of halogens is 1. The Kier molecular flexibility index (Phi) is 8.42. The van der Waals surface area contributed by atoms with Crippen LogP contribution in [-0.2, 0) is 14.3 Å². The molecule has 2 rings (SSSR count). The summed E-state index contributed by atoms with van der Waals surface area (Å²) in [6.45, 7) is -0.0548. The average molecular weight is 445 g/mol. The van der Waals surface area contributed by atoms with E-state index in [4.69, 9.17) is 0 Å². The van der Waals surface area contributed by atoms with Crippen molar-refractivity contribution in [3.63, 3.8) is 0 Å². The molecule has 2 aromatic carbocycles. The highest BCUT2D eigenvalue weighted by atomic mass is 79.9. The molecule has 2 amide bonds. The highest BCUT2D eigenvalue weighted by Gasteiger charge is 2.22. The second-order valence-electron chi connectivity index (χ2n) is 5.85. The molecule has 0 saturated carbocycles. The molecule has 0 spiro atoms. The Labute approximate surface area is 172 Å². The van der Waals surface area contributed by atoms with E-state index in [0.717, 1.165) is 11.1 Å². The summed E-state index contributed by atoms with van der Waals surface area (Å²) in [5, 5.41) is 5.22. The summed E-state index contributed by atoms with van der Waals surface area (Å²) in [4.78, 5) is 35.6. The second kappa shape index (κ2) is 11.0. The van der Waals surface area contributed by atoms with E-state index >= 15 is 0 Å². The van der Waals surface area contributed by atoms with Crippen molar-refractivity contribution in [1.82, 2.24) is 10.6 Å². The molecule has 2 aromatic rings. The molecule has 6 nitrogen and oxygen atoms in total. The molecule has 0 radical (unpaired) electrons. The summed E-state index contributed by atoms with van der Waals surface area (Å²) in [5.41, 5.74) is 2.42. The van der Waals surface area contributed by atoms with Crippen LogP contribution in [0.1, 0.15) is 21.5 Å². The number of carbonyl (C=O) groups is 3. The first-order chi connectivity index (χ1) is 13.5. The Hall–Kier alpha value is -2.93. The smallest absolute Gasteiger partial charge is 0.330 e. The predicted octanol–water partition coefficient (Wildman–Crippen LogP) is 2.64. The standard InChI is InChI=1S/C21H21BrN2O4/c1-28-21(27)18(14-23-19(25)13-22)24-20(26)17-11-9-16(10-12-17)8-7-15-5-3-2-4-6-15/h2-12,18H,13-14H2,1H3,(H,23,25)(H,24,26)/b8-7+/t18-/m0/s1. The van der Waals surface area contributed by atoms with Gasteiger partial charge in [-0.2, -0.15) is 0 Å². The van der Waals surface area contributed by atoms with Crippen molar-refractivity contribution in [2.45, 2.75) is 6.04 Å². The third-order valence-electron chi connectivity index (χ3n) is 3.86. The Morgan fingerprint density at radius 1 is 1.00 bits per heavy atom. The van der Waals surface area contributed by atoms with Gasteiger partial charge in [0.2, 0.25) is 5.91 Å². The molecular formula is C21H21BrN2O4. The number of esters is 1. The number of methoxy groups -OCH3 is 1. The zero-order valence-electron chi connectivity index (χ0n) is 15.4. The summed E-state index contributed by atoms with van der Waals surface area (Å²) in [7, 11) is 1.22. The van der Waals surface area contributed by atoms with Crippen molar-refractivity contribution in [2.75, 3.05) is 19.0 Å². The van der Waals surface area contributed by atoms with Crippen LogP contribution in [0.25, 0.3) is 12.2 Å². The van der Waals surface area contributed by atoms with Crippen LogP contribution in [0.3, 0.4) is 0 Å². The fourth-order valence-corrected chi connectivity index (χ4v) is 2.54. The monoisotopic (exact) mass is 444 g/mol. The first-order valence-corrected chi connectivity index (χ1v) is 9.70. The fraction of sp³-hybridized carbons (Fsp3) is 0.190. The predicted molar refractivity (Wildman–Crippen MR) is 112 cm³/mol. The Morgan fingerprint density at radius 2 is 1.61 bits per heavy atom. The van der Waals surface area contributed by atoms with Crippen LogP contribution in [0, 0.1) is 0 Å². The van der Waals surface area contributed by atoms with Gasteiger partial charge in [-0.05, 0) is 23.3 Å². The minimum absolute atomic E-state index is 0.0548. The number of nitrogens with one attached hydrogen (secondary N) is 2.